The second-order valence-electron chi connectivity index (χ2n) is 6.88. The molecule has 1 aromatic heterocycles. The first kappa shape index (κ1) is 21.0. The fraction of sp³-hybridized carbons (Fsp3) is 0.120. The van der Waals surface area contributed by atoms with Crippen molar-refractivity contribution < 1.29 is 23.4 Å². The van der Waals surface area contributed by atoms with E-state index in [0.29, 0.717) is 45.2 Å². The molecule has 0 fully saturated rings. The topological polar surface area (TPSA) is 87.0 Å². The van der Waals surface area contributed by atoms with Crippen molar-refractivity contribution in [3.05, 3.63) is 82.5 Å². The summed E-state index contributed by atoms with van der Waals surface area (Å²) < 4.78 is 21.9. The van der Waals surface area contributed by atoms with Gasteiger partial charge in [0.2, 0.25) is 0 Å². The molecule has 1 heterocycles. The van der Waals surface area contributed by atoms with E-state index in [9.17, 15) is 9.59 Å². The van der Waals surface area contributed by atoms with Gasteiger partial charge in [0.1, 0.15) is 34.2 Å². The van der Waals surface area contributed by atoms with Gasteiger partial charge in [0, 0.05) is 11.8 Å². The maximum Gasteiger partial charge on any atom is 0.263 e. The summed E-state index contributed by atoms with van der Waals surface area (Å²) in [5.41, 5.74) is 1.53. The van der Waals surface area contributed by atoms with Gasteiger partial charge in [-0.15, -0.1) is 0 Å². The van der Waals surface area contributed by atoms with Crippen molar-refractivity contribution in [1.82, 2.24) is 0 Å². The summed E-state index contributed by atoms with van der Waals surface area (Å²) >= 11 is 0. The number of ether oxygens (including phenoxy) is 3. The second kappa shape index (κ2) is 8.85. The minimum atomic E-state index is -0.423. The molecule has 4 aromatic rings. The molecule has 32 heavy (non-hydrogen) atoms. The number of hydrogen-bond acceptors (Lipinski definition) is 6. The van der Waals surface area contributed by atoms with Crippen LogP contribution in [0.1, 0.15) is 10.4 Å². The van der Waals surface area contributed by atoms with E-state index in [-0.39, 0.29) is 11.0 Å². The van der Waals surface area contributed by atoms with Gasteiger partial charge in [-0.25, -0.2) is 0 Å². The minimum absolute atomic E-state index is 0.238. The van der Waals surface area contributed by atoms with E-state index in [0.717, 1.165) is 0 Å². The number of fused-ring (bicyclic) bond motifs is 1. The summed E-state index contributed by atoms with van der Waals surface area (Å²) in [5.74, 6) is 1.33. The minimum Gasteiger partial charge on any atom is -0.496 e. The highest BCUT2D eigenvalue weighted by molar-refractivity contribution is 6.08. The Balaban J connectivity index is 1.71. The van der Waals surface area contributed by atoms with Gasteiger partial charge in [-0.1, -0.05) is 18.2 Å². The summed E-state index contributed by atoms with van der Waals surface area (Å²) in [6.45, 7) is 0. The van der Waals surface area contributed by atoms with Crippen LogP contribution in [0.5, 0.6) is 17.2 Å². The van der Waals surface area contributed by atoms with Gasteiger partial charge in [0.15, 0.2) is 5.43 Å². The Hall–Kier alpha value is -4.26. The third-order valence-corrected chi connectivity index (χ3v) is 5.01. The number of hydrogen-bond donors (Lipinski definition) is 1. The molecule has 0 aliphatic rings. The summed E-state index contributed by atoms with van der Waals surface area (Å²) in [7, 11) is 4.52. The van der Waals surface area contributed by atoms with E-state index >= 15 is 0 Å². The zero-order valence-electron chi connectivity index (χ0n) is 17.8. The normalized spacial score (nSPS) is 10.6. The largest absolute Gasteiger partial charge is 0.496 e. The number of anilines is 1. The lowest BCUT2D eigenvalue weighted by atomic mass is 10.1. The van der Waals surface area contributed by atoms with Gasteiger partial charge in [-0.05, 0) is 42.5 Å². The highest BCUT2D eigenvalue weighted by Gasteiger charge is 2.19. The van der Waals surface area contributed by atoms with E-state index in [1.807, 2.05) is 18.2 Å². The van der Waals surface area contributed by atoms with Crippen LogP contribution in [0, 0.1) is 0 Å². The SMILES string of the molecule is COc1ccccc1-c1cc(=O)c2cc(NC(=O)c3c(OC)cccc3OC)ccc2o1. The Bertz CT molecular complexity index is 1340. The summed E-state index contributed by atoms with van der Waals surface area (Å²) in [6, 6.07) is 18.7. The number of rotatable bonds is 6. The fourth-order valence-electron chi connectivity index (χ4n) is 3.48. The number of carbonyl (C=O) groups is 1. The molecule has 0 unspecified atom stereocenters. The van der Waals surface area contributed by atoms with E-state index in [4.69, 9.17) is 18.6 Å². The Morgan fingerprint density at radius 2 is 1.47 bits per heavy atom. The van der Waals surface area contributed by atoms with E-state index in [2.05, 4.69) is 5.32 Å². The maximum atomic E-state index is 12.9. The first-order valence-corrected chi connectivity index (χ1v) is 9.79. The first-order chi connectivity index (χ1) is 15.5. The number of carbonyl (C=O) groups excluding carboxylic acids is 1. The van der Waals surface area contributed by atoms with Gasteiger partial charge in [0.05, 0.1) is 32.3 Å². The zero-order valence-corrected chi connectivity index (χ0v) is 17.8. The Morgan fingerprint density at radius 3 is 2.16 bits per heavy atom. The molecular formula is C25H21NO6. The number of methoxy groups -OCH3 is 3. The van der Waals surface area contributed by atoms with Crippen LogP contribution >= 0.6 is 0 Å². The van der Waals surface area contributed by atoms with Gasteiger partial charge in [-0.2, -0.15) is 0 Å². The lowest BCUT2D eigenvalue weighted by Crippen LogP contribution is -2.15. The molecule has 0 radical (unpaired) electrons. The molecule has 0 aliphatic carbocycles. The van der Waals surface area contributed by atoms with Crippen LogP contribution < -0.4 is 25.0 Å². The zero-order chi connectivity index (χ0) is 22.7. The molecule has 7 nitrogen and oxygen atoms in total. The molecule has 0 atom stereocenters. The maximum absolute atomic E-state index is 12.9. The quantitative estimate of drug-likeness (QED) is 0.475. The van der Waals surface area contributed by atoms with Crippen molar-refractivity contribution in [2.45, 2.75) is 0 Å². The third-order valence-electron chi connectivity index (χ3n) is 5.01. The first-order valence-electron chi connectivity index (χ1n) is 9.79. The van der Waals surface area contributed by atoms with Crippen LogP contribution in [-0.2, 0) is 0 Å². The van der Waals surface area contributed by atoms with E-state index < -0.39 is 5.91 Å². The summed E-state index contributed by atoms with van der Waals surface area (Å²) in [6.07, 6.45) is 0. The standard InChI is InChI=1S/C25H21NO6/c1-29-19-8-5-4-7-16(19)23-14-18(27)17-13-15(11-12-20(17)32-23)26-25(28)24-21(30-2)9-6-10-22(24)31-3/h4-14H,1-3H3,(H,26,28). The molecule has 1 N–H and O–H groups in total. The molecule has 162 valence electrons. The molecular weight excluding hydrogens is 410 g/mol. The van der Waals surface area contributed by atoms with Crippen LogP contribution in [-0.4, -0.2) is 27.2 Å². The average Bonchev–Trinajstić information content (AvgIpc) is 2.83. The van der Waals surface area contributed by atoms with Crippen molar-refractivity contribution in [1.29, 1.82) is 0 Å². The van der Waals surface area contributed by atoms with Gasteiger partial charge >= 0.3 is 0 Å². The predicted octanol–water partition coefficient (Wildman–Crippen LogP) is 4.74. The van der Waals surface area contributed by atoms with Gasteiger partial charge < -0.3 is 23.9 Å². The predicted molar refractivity (Wildman–Crippen MR) is 122 cm³/mol. The molecule has 0 spiro atoms. The Morgan fingerprint density at radius 1 is 0.812 bits per heavy atom. The van der Waals surface area contributed by atoms with Crippen LogP contribution in [0.3, 0.4) is 0 Å². The average molecular weight is 431 g/mol. The van der Waals surface area contributed by atoms with Crippen LogP contribution in [0.25, 0.3) is 22.3 Å². The molecule has 1 amide bonds. The lowest BCUT2D eigenvalue weighted by molar-refractivity contribution is 0.102. The third kappa shape index (κ3) is 3.88. The molecule has 0 aliphatic heterocycles. The van der Waals surface area contributed by atoms with Crippen LogP contribution in [0.2, 0.25) is 0 Å². The smallest absolute Gasteiger partial charge is 0.263 e. The summed E-state index contributed by atoms with van der Waals surface area (Å²) in [4.78, 5) is 25.7. The highest BCUT2D eigenvalue weighted by atomic mass is 16.5. The van der Waals surface area contributed by atoms with Gasteiger partial charge in [-0.3, -0.25) is 9.59 Å². The van der Waals surface area contributed by atoms with Crippen molar-refractivity contribution in [2.75, 3.05) is 26.6 Å². The lowest BCUT2D eigenvalue weighted by Gasteiger charge is -2.13. The molecule has 7 heteroatoms. The Labute approximate surface area is 184 Å². The second-order valence-corrected chi connectivity index (χ2v) is 6.88. The number of nitrogens with one attached hydrogen (secondary N) is 1. The number of para-hydroxylation sites is 1. The van der Waals surface area contributed by atoms with Crippen LogP contribution in [0.4, 0.5) is 5.69 Å². The van der Waals surface area contributed by atoms with Crippen molar-refractivity contribution in [2.24, 2.45) is 0 Å². The summed E-state index contributed by atoms with van der Waals surface area (Å²) in [5, 5.41) is 3.13. The van der Waals surface area contributed by atoms with Crippen molar-refractivity contribution in [3.63, 3.8) is 0 Å². The van der Waals surface area contributed by atoms with E-state index in [1.165, 1.54) is 20.3 Å². The monoisotopic (exact) mass is 431 g/mol. The molecule has 0 saturated heterocycles. The Kier molecular flexibility index (Phi) is 5.81. The van der Waals surface area contributed by atoms with Gasteiger partial charge in [0.25, 0.3) is 5.91 Å². The fourth-order valence-corrected chi connectivity index (χ4v) is 3.48. The molecule has 0 bridgehead atoms. The van der Waals surface area contributed by atoms with Crippen LogP contribution in [0.15, 0.2) is 75.9 Å². The van der Waals surface area contributed by atoms with Crippen molar-refractivity contribution >= 4 is 22.6 Å². The highest BCUT2D eigenvalue weighted by Crippen LogP contribution is 2.32. The number of amides is 1. The number of benzene rings is 3. The molecule has 0 saturated carbocycles. The van der Waals surface area contributed by atoms with E-state index in [1.54, 1.807) is 49.6 Å². The molecule has 4 rings (SSSR count). The molecule has 3 aromatic carbocycles. The van der Waals surface area contributed by atoms with Crippen molar-refractivity contribution in [3.8, 4) is 28.6 Å².